The maximum absolute atomic E-state index is 5.64. The number of ether oxygens (including phenoxy) is 2. The Labute approximate surface area is 124 Å². The van der Waals surface area contributed by atoms with Crippen LogP contribution < -0.4 is 4.74 Å². The van der Waals surface area contributed by atoms with Gasteiger partial charge >= 0.3 is 0 Å². The predicted molar refractivity (Wildman–Crippen MR) is 80.6 cm³/mol. The van der Waals surface area contributed by atoms with Gasteiger partial charge in [0, 0.05) is 20.2 Å². The molecule has 1 aliphatic heterocycles. The number of piperidine rings is 1. The van der Waals surface area contributed by atoms with Crippen LogP contribution >= 0.6 is 15.9 Å². The van der Waals surface area contributed by atoms with E-state index in [1.165, 1.54) is 12.0 Å². The van der Waals surface area contributed by atoms with Crippen LogP contribution in [0.25, 0.3) is 0 Å². The summed E-state index contributed by atoms with van der Waals surface area (Å²) in [4.78, 5) is 2.46. The van der Waals surface area contributed by atoms with E-state index in [0.29, 0.717) is 0 Å². The first-order chi connectivity index (χ1) is 9.06. The average molecular weight is 328 g/mol. The van der Waals surface area contributed by atoms with Crippen LogP contribution in [-0.4, -0.2) is 37.8 Å². The molecule has 1 aromatic rings. The number of hydrogen-bond donors (Lipinski definition) is 0. The van der Waals surface area contributed by atoms with Crippen LogP contribution in [0.3, 0.4) is 0 Å². The molecule has 1 saturated heterocycles. The van der Waals surface area contributed by atoms with Gasteiger partial charge in [0.2, 0.25) is 0 Å². The fourth-order valence-corrected chi connectivity index (χ4v) is 3.26. The zero-order chi connectivity index (χ0) is 13.9. The zero-order valence-corrected chi connectivity index (χ0v) is 13.5. The molecule has 1 heterocycles. The van der Waals surface area contributed by atoms with Crippen LogP contribution in [-0.2, 0) is 11.3 Å². The molecule has 0 amide bonds. The van der Waals surface area contributed by atoms with E-state index in [0.717, 1.165) is 36.3 Å². The average Bonchev–Trinajstić information content (AvgIpc) is 2.39. The molecule has 3 nitrogen and oxygen atoms in total. The van der Waals surface area contributed by atoms with E-state index >= 15 is 0 Å². The van der Waals surface area contributed by atoms with E-state index in [4.69, 9.17) is 9.47 Å². The van der Waals surface area contributed by atoms with Crippen LogP contribution in [0.2, 0.25) is 0 Å². The van der Waals surface area contributed by atoms with Gasteiger partial charge in [0.1, 0.15) is 5.75 Å². The maximum Gasteiger partial charge on any atom is 0.133 e. The fourth-order valence-electron chi connectivity index (χ4n) is 2.68. The summed E-state index contributed by atoms with van der Waals surface area (Å²) >= 11 is 3.54. The van der Waals surface area contributed by atoms with Crippen molar-refractivity contribution in [2.45, 2.75) is 31.9 Å². The van der Waals surface area contributed by atoms with Gasteiger partial charge in [-0.2, -0.15) is 0 Å². The lowest BCUT2D eigenvalue weighted by Gasteiger charge is -2.39. The molecule has 0 saturated carbocycles. The van der Waals surface area contributed by atoms with Gasteiger partial charge < -0.3 is 9.47 Å². The standard InChI is InChI=1S/C15H22BrNO2/c1-15(19-3)7-4-8-17(11-15)10-12-5-6-14(18-2)13(16)9-12/h5-6,9H,4,7-8,10-11H2,1-3H3. The Bertz CT molecular complexity index is 438. The van der Waals surface area contributed by atoms with Crippen molar-refractivity contribution in [3.05, 3.63) is 28.2 Å². The van der Waals surface area contributed by atoms with Crippen LogP contribution in [0.1, 0.15) is 25.3 Å². The highest BCUT2D eigenvalue weighted by atomic mass is 79.9. The number of methoxy groups -OCH3 is 2. The number of halogens is 1. The van der Waals surface area contributed by atoms with Gasteiger partial charge in [0.15, 0.2) is 0 Å². The predicted octanol–water partition coefficient (Wildman–Crippen LogP) is 3.46. The molecule has 19 heavy (non-hydrogen) atoms. The molecule has 0 N–H and O–H groups in total. The topological polar surface area (TPSA) is 21.7 Å². The van der Waals surface area contributed by atoms with Gasteiger partial charge in [0.25, 0.3) is 0 Å². The van der Waals surface area contributed by atoms with Crippen molar-refractivity contribution in [3.8, 4) is 5.75 Å². The molecule has 0 aliphatic carbocycles. The van der Waals surface area contributed by atoms with Gasteiger partial charge in [-0.3, -0.25) is 4.90 Å². The number of rotatable bonds is 4. The summed E-state index contributed by atoms with van der Waals surface area (Å²) in [6.45, 7) is 5.29. The Morgan fingerprint density at radius 1 is 1.37 bits per heavy atom. The van der Waals surface area contributed by atoms with Crippen molar-refractivity contribution in [3.63, 3.8) is 0 Å². The molecule has 1 unspecified atom stereocenters. The summed E-state index contributed by atoms with van der Waals surface area (Å²) in [5, 5.41) is 0. The van der Waals surface area contributed by atoms with E-state index in [2.05, 4.69) is 39.9 Å². The number of hydrogen-bond acceptors (Lipinski definition) is 3. The summed E-state index contributed by atoms with van der Waals surface area (Å²) in [6.07, 6.45) is 2.34. The van der Waals surface area contributed by atoms with Crippen molar-refractivity contribution in [1.29, 1.82) is 0 Å². The zero-order valence-electron chi connectivity index (χ0n) is 11.9. The van der Waals surface area contributed by atoms with E-state index in [-0.39, 0.29) is 5.60 Å². The molecule has 106 valence electrons. The Morgan fingerprint density at radius 2 is 2.16 bits per heavy atom. The third-order valence-corrected chi connectivity index (χ3v) is 4.47. The van der Waals surface area contributed by atoms with E-state index in [1.807, 2.05) is 13.2 Å². The van der Waals surface area contributed by atoms with E-state index in [9.17, 15) is 0 Å². The monoisotopic (exact) mass is 327 g/mol. The summed E-state index contributed by atoms with van der Waals surface area (Å²) in [6, 6.07) is 6.28. The quantitative estimate of drug-likeness (QED) is 0.845. The molecule has 1 atom stereocenters. The van der Waals surface area contributed by atoms with Crippen LogP contribution in [0.15, 0.2) is 22.7 Å². The van der Waals surface area contributed by atoms with Crippen LogP contribution in [0.5, 0.6) is 5.75 Å². The minimum atomic E-state index is 0.00194. The maximum atomic E-state index is 5.64. The summed E-state index contributed by atoms with van der Waals surface area (Å²) in [7, 11) is 3.50. The second-order valence-electron chi connectivity index (χ2n) is 5.44. The molecular weight excluding hydrogens is 306 g/mol. The van der Waals surface area contributed by atoms with Crippen molar-refractivity contribution in [2.24, 2.45) is 0 Å². The fraction of sp³-hybridized carbons (Fsp3) is 0.600. The van der Waals surface area contributed by atoms with Crippen molar-refractivity contribution < 1.29 is 9.47 Å². The number of likely N-dealkylation sites (tertiary alicyclic amines) is 1. The highest BCUT2D eigenvalue weighted by molar-refractivity contribution is 9.10. The summed E-state index contributed by atoms with van der Waals surface area (Å²) in [5.41, 5.74) is 1.30. The van der Waals surface area contributed by atoms with Gasteiger partial charge in [-0.1, -0.05) is 6.07 Å². The van der Waals surface area contributed by atoms with E-state index < -0.39 is 0 Å². The molecule has 2 rings (SSSR count). The van der Waals surface area contributed by atoms with E-state index in [1.54, 1.807) is 7.11 Å². The van der Waals surface area contributed by atoms with Gasteiger partial charge in [0.05, 0.1) is 17.2 Å². The normalized spacial score (nSPS) is 24.4. The Balaban J connectivity index is 2.03. The lowest BCUT2D eigenvalue weighted by molar-refractivity contribution is -0.0527. The largest absolute Gasteiger partial charge is 0.496 e. The van der Waals surface area contributed by atoms with Crippen LogP contribution in [0, 0.1) is 0 Å². The molecule has 4 heteroatoms. The van der Waals surface area contributed by atoms with Crippen molar-refractivity contribution in [2.75, 3.05) is 27.3 Å². The Kier molecular flexibility index (Phi) is 4.87. The first-order valence-electron chi connectivity index (χ1n) is 6.66. The lowest BCUT2D eigenvalue weighted by Crippen LogP contribution is -2.46. The first-order valence-corrected chi connectivity index (χ1v) is 7.45. The number of nitrogens with zero attached hydrogens (tertiary/aromatic N) is 1. The second-order valence-corrected chi connectivity index (χ2v) is 6.29. The van der Waals surface area contributed by atoms with Gasteiger partial charge in [-0.25, -0.2) is 0 Å². The molecule has 0 aromatic heterocycles. The molecular formula is C15H22BrNO2. The molecule has 1 aliphatic rings. The number of benzene rings is 1. The van der Waals surface area contributed by atoms with Gasteiger partial charge in [-0.15, -0.1) is 0 Å². The summed E-state index contributed by atoms with van der Waals surface area (Å²) < 4.78 is 11.9. The third kappa shape index (κ3) is 3.71. The van der Waals surface area contributed by atoms with Gasteiger partial charge in [-0.05, 0) is 59.9 Å². The molecule has 0 radical (unpaired) electrons. The Hall–Kier alpha value is -0.580. The molecule has 1 fully saturated rings. The van der Waals surface area contributed by atoms with Crippen LogP contribution in [0.4, 0.5) is 0 Å². The second kappa shape index (κ2) is 6.25. The summed E-state index contributed by atoms with van der Waals surface area (Å²) in [5.74, 6) is 0.879. The minimum Gasteiger partial charge on any atom is -0.496 e. The molecule has 0 spiro atoms. The minimum absolute atomic E-state index is 0.00194. The third-order valence-electron chi connectivity index (χ3n) is 3.85. The highest BCUT2D eigenvalue weighted by Crippen LogP contribution is 2.28. The SMILES string of the molecule is COc1ccc(CN2CCCC(C)(OC)C2)cc1Br. The molecule has 1 aromatic carbocycles. The van der Waals surface area contributed by atoms with Crippen molar-refractivity contribution in [1.82, 2.24) is 4.90 Å². The Morgan fingerprint density at radius 3 is 2.79 bits per heavy atom. The first kappa shape index (κ1) is 14.8. The smallest absolute Gasteiger partial charge is 0.133 e. The lowest BCUT2D eigenvalue weighted by atomic mass is 9.94. The van der Waals surface area contributed by atoms with Crippen molar-refractivity contribution >= 4 is 15.9 Å². The molecule has 0 bridgehead atoms. The highest BCUT2D eigenvalue weighted by Gasteiger charge is 2.30.